The van der Waals surface area contributed by atoms with E-state index < -0.39 is 5.97 Å². The monoisotopic (exact) mass is 402 g/mol. The molecular formula is C19H18N2O4S2. The molecule has 0 radical (unpaired) electrons. The van der Waals surface area contributed by atoms with Crippen molar-refractivity contribution in [2.45, 2.75) is 23.6 Å². The molecule has 0 bridgehead atoms. The van der Waals surface area contributed by atoms with Crippen molar-refractivity contribution < 1.29 is 18.7 Å². The number of hydrogen-bond donors (Lipinski definition) is 1. The van der Waals surface area contributed by atoms with Crippen LogP contribution in [0.4, 0.5) is 0 Å². The van der Waals surface area contributed by atoms with Gasteiger partial charge in [0, 0.05) is 16.0 Å². The van der Waals surface area contributed by atoms with E-state index in [-0.39, 0.29) is 18.6 Å². The molecule has 3 rings (SSSR count). The molecule has 0 saturated heterocycles. The summed E-state index contributed by atoms with van der Waals surface area (Å²) in [6.45, 7) is 1.45. The number of rotatable bonds is 8. The Kier molecular flexibility index (Phi) is 6.67. The van der Waals surface area contributed by atoms with Gasteiger partial charge in [-0.25, -0.2) is 9.78 Å². The van der Waals surface area contributed by atoms with E-state index >= 15 is 0 Å². The van der Waals surface area contributed by atoms with Gasteiger partial charge in [-0.3, -0.25) is 4.79 Å². The molecule has 6 nitrogen and oxygen atoms in total. The molecule has 2 heterocycles. The normalized spacial score (nSPS) is 11.7. The first-order chi connectivity index (χ1) is 13.1. The molecule has 27 heavy (non-hydrogen) atoms. The van der Waals surface area contributed by atoms with Gasteiger partial charge in [0.15, 0.2) is 6.61 Å². The van der Waals surface area contributed by atoms with Gasteiger partial charge in [0.1, 0.15) is 5.76 Å². The van der Waals surface area contributed by atoms with Gasteiger partial charge in [0.2, 0.25) is 0 Å². The zero-order chi connectivity index (χ0) is 19.1. The summed E-state index contributed by atoms with van der Waals surface area (Å²) in [4.78, 5) is 29.2. The highest BCUT2D eigenvalue weighted by atomic mass is 32.2. The fourth-order valence-electron chi connectivity index (χ4n) is 2.26. The largest absolute Gasteiger partial charge is 0.467 e. The highest BCUT2D eigenvalue weighted by Gasteiger charge is 2.14. The second kappa shape index (κ2) is 9.38. The van der Waals surface area contributed by atoms with E-state index in [4.69, 9.17) is 9.15 Å². The summed E-state index contributed by atoms with van der Waals surface area (Å²) in [7, 11) is 0. The highest BCUT2D eigenvalue weighted by Crippen LogP contribution is 2.23. The number of ether oxygens (including phenoxy) is 1. The maximum absolute atomic E-state index is 12.1. The smallest absolute Gasteiger partial charge is 0.338 e. The molecule has 0 saturated carbocycles. The Morgan fingerprint density at radius 3 is 2.78 bits per heavy atom. The molecule has 0 aliphatic heterocycles. The Labute approximate surface area is 164 Å². The summed E-state index contributed by atoms with van der Waals surface area (Å²) in [5.74, 6) is 0.497. The molecule has 1 amide bonds. The van der Waals surface area contributed by atoms with E-state index in [2.05, 4.69) is 10.3 Å². The number of aromatic nitrogens is 1. The van der Waals surface area contributed by atoms with Crippen LogP contribution >= 0.6 is 23.1 Å². The summed E-state index contributed by atoms with van der Waals surface area (Å²) in [5, 5.41) is 4.72. The zero-order valence-electron chi connectivity index (χ0n) is 14.6. The number of hydrogen-bond acceptors (Lipinski definition) is 7. The maximum atomic E-state index is 12.1. The lowest BCUT2D eigenvalue weighted by Gasteiger charge is -2.11. The lowest BCUT2D eigenvalue weighted by molar-refractivity contribution is -0.125. The summed E-state index contributed by atoms with van der Waals surface area (Å²) in [6.07, 6.45) is 1.54. The first-order valence-corrected chi connectivity index (χ1v) is 10.1. The van der Waals surface area contributed by atoms with E-state index in [9.17, 15) is 9.59 Å². The second-order valence-corrected chi connectivity index (χ2v) is 7.44. The molecule has 2 aromatic heterocycles. The highest BCUT2D eigenvalue weighted by molar-refractivity contribution is 7.98. The molecule has 0 aliphatic carbocycles. The molecule has 1 unspecified atom stereocenters. The predicted octanol–water partition coefficient (Wildman–Crippen LogP) is 4.06. The van der Waals surface area contributed by atoms with E-state index in [0.29, 0.717) is 11.3 Å². The third kappa shape index (κ3) is 5.70. The number of thioether (sulfide) groups is 1. The number of nitrogens with one attached hydrogen (secondary N) is 1. The van der Waals surface area contributed by atoms with Crippen molar-refractivity contribution in [1.29, 1.82) is 0 Å². The topological polar surface area (TPSA) is 81.4 Å². The summed E-state index contributed by atoms with van der Waals surface area (Å²) in [5.41, 5.74) is 3.24. The standard InChI is InChI=1S/C19H18N2O4S2/c1-13(17-3-2-8-24-17)21-18(22)9-25-19(23)14-4-6-16(7-5-14)27-11-15-10-26-12-20-15/h2-8,10,12-13H,9,11H2,1H3,(H,21,22). The van der Waals surface area contributed by atoms with Gasteiger partial charge in [-0.1, -0.05) is 0 Å². The van der Waals surface area contributed by atoms with Crippen LogP contribution in [0.3, 0.4) is 0 Å². The number of esters is 1. The van der Waals surface area contributed by atoms with Crippen molar-refractivity contribution in [2.75, 3.05) is 6.61 Å². The van der Waals surface area contributed by atoms with Crippen LogP contribution in [0.15, 0.2) is 62.9 Å². The number of benzene rings is 1. The fraction of sp³-hybridized carbons (Fsp3) is 0.211. The average molecular weight is 402 g/mol. The van der Waals surface area contributed by atoms with Gasteiger partial charge >= 0.3 is 5.97 Å². The Hall–Kier alpha value is -2.58. The van der Waals surface area contributed by atoms with Crippen LogP contribution in [0, 0.1) is 0 Å². The lowest BCUT2D eigenvalue weighted by Crippen LogP contribution is -2.30. The number of carbonyl (C=O) groups is 2. The van der Waals surface area contributed by atoms with Gasteiger partial charge in [-0.2, -0.15) is 0 Å². The molecular weight excluding hydrogens is 384 g/mol. The molecule has 8 heteroatoms. The van der Waals surface area contributed by atoms with Crippen molar-refractivity contribution in [2.24, 2.45) is 0 Å². The molecule has 0 fully saturated rings. The van der Waals surface area contributed by atoms with Crippen LogP contribution in [-0.2, 0) is 15.3 Å². The van der Waals surface area contributed by atoms with Gasteiger partial charge in [0.05, 0.1) is 29.1 Å². The van der Waals surface area contributed by atoms with Crippen LogP contribution in [0.5, 0.6) is 0 Å². The van der Waals surface area contributed by atoms with E-state index in [1.54, 1.807) is 59.8 Å². The quantitative estimate of drug-likeness (QED) is 0.452. The van der Waals surface area contributed by atoms with E-state index in [0.717, 1.165) is 16.3 Å². The molecule has 0 aliphatic rings. The van der Waals surface area contributed by atoms with Gasteiger partial charge in [0.25, 0.3) is 5.91 Å². The second-order valence-electron chi connectivity index (χ2n) is 5.67. The van der Waals surface area contributed by atoms with Crippen molar-refractivity contribution in [3.05, 3.63) is 70.6 Å². The van der Waals surface area contributed by atoms with Crippen molar-refractivity contribution >= 4 is 35.0 Å². The summed E-state index contributed by atoms with van der Waals surface area (Å²) < 4.78 is 10.3. The minimum atomic E-state index is -0.535. The van der Waals surface area contributed by atoms with Gasteiger partial charge in [-0.15, -0.1) is 23.1 Å². The van der Waals surface area contributed by atoms with Crippen LogP contribution in [0.25, 0.3) is 0 Å². The lowest BCUT2D eigenvalue weighted by atomic mass is 10.2. The van der Waals surface area contributed by atoms with Crippen LogP contribution in [-0.4, -0.2) is 23.5 Å². The zero-order valence-corrected chi connectivity index (χ0v) is 16.2. The molecule has 1 aromatic carbocycles. The number of thiazole rings is 1. The molecule has 1 atom stereocenters. The first kappa shape index (κ1) is 19.2. The Bertz CT molecular complexity index is 862. The first-order valence-electron chi connectivity index (χ1n) is 8.21. The van der Waals surface area contributed by atoms with Gasteiger partial charge in [-0.05, 0) is 43.3 Å². The van der Waals surface area contributed by atoms with Crippen LogP contribution in [0.2, 0.25) is 0 Å². The van der Waals surface area contributed by atoms with Crippen molar-refractivity contribution in [3.63, 3.8) is 0 Å². The third-order valence-electron chi connectivity index (χ3n) is 3.64. The molecule has 0 spiro atoms. The number of carbonyl (C=O) groups excluding carboxylic acids is 2. The number of furan rings is 1. The van der Waals surface area contributed by atoms with Crippen molar-refractivity contribution in [3.8, 4) is 0 Å². The molecule has 1 N–H and O–H groups in total. The van der Waals surface area contributed by atoms with E-state index in [1.165, 1.54) is 6.26 Å². The third-order valence-corrected chi connectivity index (χ3v) is 5.32. The van der Waals surface area contributed by atoms with Gasteiger partial charge < -0.3 is 14.5 Å². The minimum Gasteiger partial charge on any atom is -0.467 e. The van der Waals surface area contributed by atoms with Crippen molar-refractivity contribution in [1.82, 2.24) is 10.3 Å². The molecule has 3 aromatic rings. The van der Waals surface area contributed by atoms with Crippen LogP contribution in [0.1, 0.15) is 34.8 Å². The summed E-state index contributed by atoms with van der Waals surface area (Å²) in [6, 6.07) is 10.3. The fourth-order valence-corrected chi connectivity index (χ4v) is 3.72. The number of amides is 1. The Balaban J connectivity index is 1.44. The van der Waals surface area contributed by atoms with E-state index in [1.807, 2.05) is 17.5 Å². The predicted molar refractivity (Wildman–Crippen MR) is 104 cm³/mol. The minimum absolute atomic E-state index is 0.291. The average Bonchev–Trinajstić information content (AvgIpc) is 3.38. The SMILES string of the molecule is CC(NC(=O)COC(=O)c1ccc(SCc2cscn2)cc1)c1ccco1. The Morgan fingerprint density at radius 1 is 1.30 bits per heavy atom. The van der Waals surface area contributed by atoms with Crippen LogP contribution < -0.4 is 5.32 Å². The number of nitrogens with zero attached hydrogens (tertiary/aromatic N) is 1. The molecule has 140 valence electrons. The maximum Gasteiger partial charge on any atom is 0.338 e. The summed E-state index contributed by atoms with van der Waals surface area (Å²) >= 11 is 3.21. The Morgan fingerprint density at radius 2 is 2.11 bits per heavy atom.